The fraction of sp³-hybridized carbons (Fsp3) is 0.818. The molecule has 28 heavy (non-hydrogen) atoms. The molecule has 1 amide bonds. The van der Waals surface area contributed by atoms with Crippen LogP contribution in [0, 0.1) is 25.7 Å². The predicted molar refractivity (Wildman–Crippen MR) is 109 cm³/mol. The molecule has 1 aromatic rings. The lowest BCUT2D eigenvalue weighted by Crippen LogP contribution is -2.49. The van der Waals surface area contributed by atoms with Crippen molar-refractivity contribution in [1.29, 1.82) is 0 Å². The molecular weight excluding hydrogens is 352 g/mol. The normalized spacial score (nSPS) is 25.2. The fourth-order valence-electron chi connectivity index (χ4n) is 5.00. The van der Waals surface area contributed by atoms with Crippen LogP contribution in [0.2, 0.25) is 0 Å². The summed E-state index contributed by atoms with van der Waals surface area (Å²) >= 11 is 0. The highest BCUT2D eigenvalue weighted by atomic mass is 16.5. The second-order valence-corrected chi connectivity index (χ2v) is 9.29. The summed E-state index contributed by atoms with van der Waals surface area (Å²) in [5.41, 5.74) is 3.88. The largest absolute Gasteiger partial charge is 0.375 e. The number of hydrogen-bond donors (Lipinski definition) is 1. The molecule has 2 aliphatic heterocycles. The second-order valence-electron chi connectivity index (χ2n) is 9.29. The van der Waals surface area contributed by atoms with E-state index in [1.54, 1.807) is 0 Å². The molecule has 2 saturated heterocycles. The van der Waals surface area contributed by atoms with E-state index in [9.17, 15) is 4.79 Å². The average molecular weight is 389 g/mol. The Bertz CT molecular complexity index is 702. The summed E-state index contributed by atoms with van der Waals surface area (Å²) in [6.45, 7) is 9.18. The molecule has 1 aliphatic carbocycles. The third-order valence-corrected chi connectivity index (χ3v) is 7.20. The monoisotopic (exact) mass is 388 g/mol. The Morgan fingerprint density at radius 2 is 2.00 bits per heavy atom. The maximum atomic E-state index is 11.8. The van der Waals surface area contributed by atoms with E-state index in [0.717, 1.165) is 83.4 Å². The standard InChI is InChI=1S/C22H36N4O2/c1-16-20(17(2)25(3)24-16)15-26-11-8-22(9-12-26)14-18(7-13-28-22)6-10-23-21(27)19-4-5-19/h18-19H,4-15H2,1-3H3,(H,23,27). The van der Waals surface area contributed by atoms with E-state index in [2.05, 4.69) is 29.2 Å². The first-order valence-electron chi connectivity index (χ1n) is 11.1. The Hall–Kier alpha value is -1.40. The van der Waals surface area contributed by atoms with Crippen molar-refractivity contribution in [1.82, 2.24) is 20.0 Å². The first-order valence-corrected chi connectivity index (χ1v) is 11.1. The van der Waals surface area contributed by atoms with E-state index in [0.29, 0.717) is 11.8 Å². The molecule has 4 rings (SSSR count). The smallest absolute Gasteiger partial charge is 0.223 e. The number of aryl methyl sites for hydroxylation is 2. The number of hydrogen-bond acceptors (Lipinski definition) is 4. The quantitative estimate of drug-likeness (QED) is 0.814. The van der Waals surface area contributed by atoms with Crippen molar-refractivity contribution in [3.8, 4) is 0 Å². The Kier molecular flexibility index (Phi) is 5.79. The number of nitrogens with one attached hydrogen (secondary N) is 1. The van der Waals surface area contributed by atoms with Gasteiger partial charge in [0.1, 0.15) is 0 Å². The van der Waals surface area contributed by atoms with Gasteiger partial charge in [0.2, 0.25) is 5.91 Å². The van der Waals surface area contributed by atoms with Crippen molar-refractivity contribution >= 4 is 5.91 Å². The topological polar surface area (TPSA) is 59.4 Å². The summed E-state index contributed by atoms with van der Waals surface area (Å²) in [4.78, 5) is 14.4. The van der Waals surface area contributed by atoms with E-state index in [-0.39, 0.29) is 11.5 Å². The lowest BCUT2D eigenvalue weighted by atomic mass is 9.78. The molecule has 3 aliphatic rings. The Morgan fingerprint density at radius 3 is 2.64 bits per heavy atom. The molecule has 0 aromatic carbocycles. The minimum absolute atomic E-state index is 0.0684. The maximum absolute atomic E-state index is 11.8. The molecule has 3 fully saturated rings. The minimum Gasteiger partial charge on any atom is -0.375 e. The first-order chi connectivity index (χ1) is 13.5. The van der Waals surface area contributed by atoms with E-state index < -0.39 is 0 Å². The zero-order chi connectivity index (χ0) is 19.7. The summed E-state index contributed by atoms with van der Waals surface area (Å²) < 4.78 is 8.32. The van der Waals surface area contributed by atoms with Crippen LogP contribution in [-0.4, -0.2) is 52.4 Å². The predicted octanol–water partition coefficient (Wildman–Crippen LogP) is 2.71. The van der Waals surface area contributed by atoms with Crippen molar-refractivity contribution in [2.45, 2.75) is 70.9 Å². The molecule has 1 unspecified atom stereocenters. The van der Waals surface area contributed by atoms with Crippen LogP contribution in [0.3, 0.4) is 0 Å². The molecule has 1 aromatic heterocycles. The van der Waals surface area contributed by atoms with Crippen molar-refractivity contribution < 1.29 is 9.53 Å². The molecule has 6 heteroatoms. The van der Waals surface area contributed by atoms with Gasteiger partial charge in [-0.1, -0.05) is 0 Å². The van der Waals surface area contributed by atoms with Crippen LogP contribution in [0.1, 0.15) is 61.9 Å². The van der Waals surface area contributed by atoms with Gasteiger partial charge in [0.25, 0.3) is 0 Å². The van der Waals surface area contributed by atoms with E-state index >= 15 is 0 Å². The lowest BCUT2D eigenvalue weighted by molar-refractivity contribution is -0.129. The molecule has 156 valence electrons. The van der Waals surface area contributed by atoms with Gasteiger partial charge in [0, 0.05) is 57.0 Å². The van der Waals surface area contributed by atoms with Gasteiger partial charge in [-0.15, -0.1) is 0 Å². The van der Waals surface area contributed by atoms with Crippen LogP contribution in [0.25, 0.3) is 0 Å². The molecule has 1 spiro atoms. The number of aromatic nitrogens is 2. The molecule has 0 bridgehead atoms. The highest BCUT2D eigenvalue weighted by Gasteiger charge is 2.40. The number of carbonyl (C=O) groups is 1. The van der Waals surface area contributed by atoms with Gasteiger partial charge >= 0.3 is 0 Å². The number of rotatable bonds is 6. The van der Waals surface area contributed by atoms with Crippen molar-refractivity contribution in [3.05, 3.63) is 17.0 Å². The van der Waals surface area contributed by atoms with Gasteiger partial charge in [0.05, 0.1) is 11.3 Å². The van der Waals surface area contributed by atoms with E-state index in [1.807, 2.05) is 11.7 Å². The van der Waals surface area contributed by atoms with E-state index in [1.165, 1.54) is 11.3 Å². The molecule has 6 nitrogen and oxygen atoms in total. The highest BCUT2D eigenvalue weighted by molar-refractivity contribution is 5.80. The molecule has 0 radical (unpaired) electrons. The maximum Gasteiger partial charge on any atom is 0.223 e. The van der Waals surface area contributed by atoms with Gasteiger partial charge < -0.3 is 10.1 Å². The van der Waals surface area contributed by atoms with Gasteiger partial charge in [-0.25, -0.2) is 0 Å². The van der Waals surface area contributed by atoms with Crippen molar-refractivity contribution in [2.24, 2.45) is 18.9 Å². The van der Waals surface area contributed by atoms with Gasteiger partial charge in [0.15, 0.2) is 0 Å². The van der Waals surface area contributed by atoms with Gasteiger partial charge in [-0.05, 0) is 64.7 Å². The molecule has 1 atom stereocenters. The zero-order valence-corrected chi connectivity index (χ0v) is 17.8. The average Bonchev–Trinajstić information content (AvgIpc) is 3.49. The molecular formula is C22H36N4O2. The summed E-state index contributed by atoms with van der Waals surface area (Å²) in [5.74, 6) is 1.27. The minimum atomic E-state index is 0.0684. The number of likely N-dealkylation sites (tertiary alicyclic amines) is 1. The SMILES string of the molecule is Cc1nn(C)c(C)c1CN1CCC2(CC1)CC(CCNC(=O)C1CC1)CCO2. The number of carbonyl (C=O) groups excluding carboxylic acids is 1. The van der Waals surface area contributed by atoms with Crippen molar-refractivity contribution in [3.63, 3.8) is 0 Å². The summed E-state index contributed by atoms with van der Waals surface area (Å²) in [6.07, 6.45) is 7.81. The van der Waals surface area contributed by atoms with Crippen LogP contribution in [0.5, 0.6) is 0 Å². The number of piperidine rings is 1. The summed E-state index contributed by atoms with van der Waals surface area (Å²) in [7, 11) is 2.03. The van der Waals surface area contributed by atoms with Gasteiger partial charge in [-0.2, -0.15) is 5.10 Å². The van der Waals surface area contributed by atoms with Gasteiger partial charge in [-0.3, -0.25) is 14.4 Å². The van der Waals surface area contributed by atoms with Crippen LogP contribution in [-0.2, 0) is 23.1 Å². The van der Waals surface area contributed by atoms with Crippen LogP contribution in [0.4, 0.5) is 0 Å². The molecule has 1 N–H and O–H groups in total. The Balaban J connectivity index is 1.25. The number of amides is 1. The number of nitrogens with zero attached hydrogens (tertiary/aromatic N) is 3. The highest BCUT2D eigenvalue weighted by Crippen LogP contribution is 2.39. The Labute approximate surface area is 169 Å². The van der Waals surface area contributed by atoms with Crippen molar-refractivity contribution in [2.75, 3.05) is 26.2 Å². The number of ether oxygens (including phenoxy) is 1. The third-order valence-electron chi connectivity index (χ3n) is 7.20. The summed E-state index contributed by atoms with van der Waals surface area (Å²) in [5, 5.41) is 7.69. The third kappa shape index (κ3) is 4.43. The van der Waals surface area contributed by atoms with Crippen LogP contribution >= 0.6 is 0 Å². The van der Waals surface area contributed by atoms with Crippen LogP contribution < -0.4 is 5.32 Å². The molecule has 3 heterocycles. The zero-order valence-electron chi connectivity index (χ0n) is 17.8. The Morgan fingerprint density at radius 1 is 1.25 bits per heavy atom. The fourth-order valence-corrected chi connectivity index (χ4v) is 5.00. The second kappa shape index (κ2) is 8.15. The molecule has 1 saturated carbocycles. The lowest BCUT2D eigenvalue weighted by Gasteiger charge is -2.46. The van der Waals surface area contributed by atoms with E-state index in [4.69, 9.17) is 4.74 Å². The summed E-state index contributed by atoms with van der Waals surface area (Å²) in [6, 6.07) is 0. The first kappa shape index (κ1) is 19.9. The van der Waals surface area contributed by atoms with Crippen LogP contribution in [0.15, 0.2) is 0 Å².